The maximum absolute atomic E-state index is 13.7. The van der Waals surface area contributed by atoms with Crippen molar-refractivity contribution >= 4 is 0 Å². The number of H-pyrrole nitrogens is 1. The van der Waals surface area contributed by atoms with E-state index in [0.29, 0.717) is 17.2 Å². The minimum atomic E-state index is -0.221. The summed E-state index contributed by atoms with van der Waals surface area (Å²) in [4.78, 5) is 0. The molecule has 0 aliphatic carbocycles. The first-order valence-corrected chi connectivity index (χ1v) is 6.35. The highest BCUT2D eigenvalue weighted by Crippen LogP contribution is 2.27. The molecule has 0 radical (unpaired) electrons. The van der Waals surface area contributed by atoms with E-state index in [2.05, 4.69) is 15.5 Å². The number of halogens is 1. The smallest absolute Gasteiger partial charge is 0.132 e. The number of aromatic nitrogens is 2. The molecular formula is C14H16FN3. The van der Waals surface area contributed by atoms with Crippen LogP contribution >= 0.6 is 0 Å². The van der Waals surface area contributed by atoms with Crippen LogP contribution in [0.25, 0.3) is 11.3 Å². The van der Waals surface area contributed by atoms with E-state index in [1.165, 1.54) is 6.07 Å². The third kappa shape index (κ3) is 2.16. The molecule has 2 heterocycles. The Labute approximate surface area is 105 Å². The second-order valence-corrected chi connectivity index (χ2v) is 4.71. The number of hydrogen-bond donors (Lipinski definition) is 2. The Bertz CT molecular complexity index is 529. The number of nitrogens with one attached hydrogen (secondary N) is 2. The molecule has 2 aromatic rings. The number of rotatable bonds is 2. The zero-order valence-electron chi connectivity index (χ0n) is 10.1. The molecule has 0 amide bonds. The Hall–Kier alpha value is -1.68. The van der Waals surface area contributed by atoms with E-state index in [0.717, 1.165) is 31.6 Å². The summed E-state index contributed by atoms with van der Waals surface area (Å²) in [7, 11) is 0. The molecule has 1 saturated heterocycles. The first-order valence-electron chi connectivity index (χ1n) is 6.35. The van der Waals surface area contributed by atoms with Crippen LogP contribution in [-0.4, -0.2) is 23.3 Å². The zero-order valence-corrected chi connectivity index (χ0v) is 10.1. The topological polar surface area (TPSA) is 40.7 Å². The van der Waals surface area contributed by atoms with Gasteiger partial charge >= 0.3 is 0 Å². The van der Waals surface area contributed by atoms with Crippen molar-refractivity contribution in [1.29, 1.82) is 0 Å². The molecule has 3 nitrogen and oxygen atoms in total. The molecule has 0 spiro atoms. The summed E-state index contributed by atoms with van der Waals surface area (Å²) in [5, 5.41) is 10.6. The molecule has 2 N–H and O–H groups in total. The number of nitrogens with zero attached hydrogens (tertiary/aromatic N) is 1. The Morgan fingerprint density at radius 3 is 2.72 bits per heavy atom. The van der Waals surface area contributed by atoms with Gasteiger partial charge < -0.3 is 5.32 Å². The second kappa shape index (κ2) is 4.90. The van der Waals surface area contributed by atoms with Crippen molar-refractivity contribution in [3.8, 4) is 11.3 Å². The van der Waals surface area contributed by atoms with Gasteiger partial charge in [-0.2, -0.15) is 5.10 Å². The minimum Gasteiger partial charge on any atom is -0.317 e. The van der Waals surface area contributed by atoms with Crippen molar-refractivity contribution in [2.75, 3.05) is 13.1 Å². The molecule has 0 saturated carbocycles. The summed E-state index contributed by atoms with van der Waals surface area (Å²) in [5.74, 6) is 0.292. The lowest BCUT2D eigenvalue weighted by Crippen LogP contribution is -2.26. The standard InChI is InChI=1S/C14H16FN3/c15-12-4-2-1-3-11(12)14-9-13(17-18-14)10-5-7-16-8-6-10/h1-4,9-10,16H,5-8H2,(H,17,18). The summed E-state index contributed by atoms with van der Waals surface area (Å²) in [6.45, 7) is 2.08. The van der Waals surface area contributed by atoms with E-state index in [1.54, 1.807) is 12.1 Å². The lowest BCUT2D eigenvalue weighted by molar-refractivity contribution is 0.453. The third-order valence-electron chi connectivity index (χ3n) is 3.53. The lowest BCUT2D eigenvalue weighted by Gasteiger charge is -2.20. The molecule has 0 atom stereocenters. The van der Waals surface area contributed by atoms with Crippen LogP contribution in [0.2, 0.25) is 0 Å². The molecule has 1 aromatic carbocycles. The monoisotopic (exact) mass is 245 g/mol. The largest absolute Gasteiger partial charge is 0.317 e. The maximum atomic E-state index is 13.7. The number of hydrogen-bond acceptors (Lipinski definition) is 2. The zero-order chi connectivity index (χ0) is 12.4. The van der Waals surface area contributed by atoms with Gasteiger partial charge in [-0.1, -0.05) is 12.1 Å². The normalized spacial score (nSPS) is 16.9. The maximum Gasteiger partial charge on any atom is 0.132 e. The Kier molecular flexibility index (Phi) is 3.11. The number of piperidine rings is 1. The van der Waals surface area contributed by atoms with E-state index in [1.807, 2.05) is 12.1 Å². The highest BCUT2D eigenvalue weighted by Gasteiger charge is 2.18. The number of aromatic amines is 1. The van der Waals surface area contributed by atoms with Gasteiger partial charge in [-0.05, 0) is 44.1 Å². The van der Waals surface area contributed by atoms with Gasteiger partial charge in [-0.3, -0.25) is 5.10 Å². The summed E-state index contributed by atoms with van der Waals surface area (Å²) in [6.07, 6.45) is 2.22. The van der Waals surface area contributed by atoms with Crippen LogP contribution < -0.4 is 5.32 Å². The average Bonchev–Trinajstić information content (AvgIpc) is 2.90. The molecule has 18 heavy (non-hydrogen) atoms. The van der Waals surface area contributed by atoms with E-state index in [4.69, 9.17) is 0 Å². The van der Waals surface area contributed by atoms with Gasteiger partial charge in [0.05, 0.1) is 5.69 Å². The minimum absolute atomic E-state index is 0.221. The van der Waals surface area contributed by atoms with E-state index in [9.17, 15) is 4.39 Å². The summed E-state index contributed by atoms with van der Waals surface area (Å²) in [6, 6.07) is 8.73. The fraction of sp³-hybridized carbons (Fsp3) is 0.357. The van der Waals surface area contributed by atoms with Crippen LogP contribution in [0.3, 0.4) is 0 Å². The van der Waals surface area contributed by atoms with E-state index < -0.39 is 0 Å². The van der Waals surface area contributed by atoms with Gasteiger partial charge in [0.15, 0.2) is 0 Å². The first-order chi connectivity index (χ1) is 8.84. The first kappa shape index (κ1) is 11.4. The van der Waals surface area contributed by atoms with Crippen molar-refractivity contribution in [2.24, 2.45) is 0 Å². The van der Waals surface area contributed by atoms with Gasteiger partial charge in [0.25, 0.3) is 0 Å². The summed E-state index contributed by atoms with van der Waals surface area (Å²) < 4.78 is 13.7. The quantitative estimate of drug-likeness (QED) is 0.854. The van der Waals surface area contributed by atoms with Gasteiger partial charge in [-0.15, -0.1) is 0 Å². The van der Waals surface area contributed by atoms with Crippen LogP contribution in [0.4, 0.5) is 4.39 Å². The summed E-state index contributed by atoms with van der Waals surface area (Å²) >= 11 is 0. The predicted octanol–water partition coefficient (Wildman–Crippen LogP) is 2.68. The fourth-order valence-electron chi connectivity index (χ4n) is 2.49. The fourth-order valence-corrected chi connectivity index (χ4v) is 2.49. The van der Waals surface area contributed by atoms with Crippen LogP contribution in [0.15, 0.2) is 30.3 Å². The third-order valence-corrected chi connectivity index (χ3v) is 3.53. The lowest BCUT2D eigenvalue weighted by atomic mass is 9.94. The van der Waals surface area contributed by atoms with Gasteiger partial charge in [0.2, 0.25) is 0 Å². The van der Waals surface area contributed by atoms with E-state index in [-0.39, 0.29) is 5.82 Å². The van der Waals surface area contributed by atoms with Gasteiger partial charge in [0.1, 0.15) is 5.82 Å². The van der Waals surface area contributed by atoms with Crippen LogP contribution in [-0.2, 0) is 0 Å². The molecule has 1 aliphatic heterocycles. The van der Waals surface area contributed by atoms with Crippen molar-refractivity contribution in [2.45, 2.75) is 18.8 Å². The molecule has 0 bridgehead atoms. The molecular weight excluding hydrogens is 229 g/mol. The predicted molar refractivity (Wildman–Crippen MR) is 68.8 cm³/mol. The van der Waals surface area contributed by atoms with Crippen molar-refractivity contribution < 1.29 is 4.39 Å². The molecule has 1 aromatic heterocycles. The molecule has 1 fully saturated rings. The highest BCUT2D eigenvalue weighted by atomic mass is 19.1. The molecule has 94 valence electrons. The number of benzene rings is 1. The Morgan fingerprint density at radius 1 is 1.17 bits per heavy atom. The average molecular weight is 245 g/mol. The molecule has 1 aliphatic rings. The SMILES string of the molecule is Fc1ccccc1-c1cc(C2CCNCC2)[nH]n1. The highest BCUT2D eigenvalue weighted by molar-refractivity contribution is 5.60. The van der Waals surface area contributed by atoms with Gasteiger partial charge in [-0.25, -0.2) is 4.39 Å². The molecule has 0 unspecified atom stereocenters. The molecule has 4 heteroatoms. The van der Waals surface area contributed by atoms with Crippen LogP contribution in [0.1, 0.15) is 24.5 Å². The van der Waals surface area contributed by atoms with Crippen molar-refractivity contribution in [1.82, 2.24) is 15.5 Å². The van der Waals surface area contributed by atoms with E-state index >= 15 is 0 Å². The second-order valence-electron chi connectivity index (χ2n) is 4.71. The Morgan fingerprint density at radius 2 is 1.94 bits per heavy atom. The van der Waals surface area contributed by atoms with Crippen molar-refractivity contribution in [3.05, 3.63) is 41.8 Å². The van der Waals surface area contributed by atoms with Crippen LogP contribution in [0.5, 0.6) is 0 Å². The summed E-state index contributed by atoms with van der Waals surface area (Å²) in [5.41, 5.74) is 2.38. The van der Waals surface area contributed by atoms with Crippen LogP contribution in [0, 0.1) is 5.82 Å². The van der Waals surface area contributed by atoms with Crippen molar-refractivity contribution in [3.63, 3.8) is 0 Å². The Balaban J connectivity index is 1.87. The van der Waals surface area contributed by atoms with Gasteiger partial charge in [0, 0.05) is 17.2 Å². The molecule has 3 rings (SSSR count).